The van der Waals surface area contributed by atoms with Gasteiger partial charge >= 0.3 is 16.2 Å². The highest BCUT2D eigenvalue weighted by Crippen LogP contribution is 3.02. The number of hydrogen-bond acceptors (Lipinski definition) is 2. The van der Waals surface area contributed by atoms with Crippen LogP contribution in [0.25, 0.3) is 0 Å². The zero-order chi connectivity index (χ0) is 12.7. The minimum absolute atomic E-state index is 0.161. The smallest absolute Gasteiger partial charge is 0.337 e. The Balaban J connectivity index is 3.21. The fourth-order valence-electron chi connectivity index (χ4n) is 0.966. The van der Waals surface area contributed by atoms with Crippen molar-refractivity contribution in [3.8, 4) is 0 Å². The van der Waals surface area contributed by atoms with Crippen LogP contribution in [-0.2, 0) is 4.74 Å². The van der Waals surface area contributed by atoms with Gasteiger partial charge < -0.3 is 4.74 Å². The van der Waals surface area contributed by atoms with Crippen molar-refractivity contribution in [3.63, 3.8) is 0 Å². The second kappa shape index (κ2) is 2.88. The quantitative estimate of drug-likeness (QED) is 0.591. The number of esters is 1. The Morgan fingerprint density at radius 2 is 1.50 bits per heavy atom. The third-order valence-corrected chi connectivity index (χ3v) is 2.88. The number of ether oxygens (including phenoxy) is 1. The summed E-state index contributed by atoms with van der Waals surface area (Å²) in [6, 6.07) is 1.60. The normalized spacial score (nSPS) is 16.1. The van der Waals surface area contributed by atoms with Gasteiger partial charge in [0.25, 0.3) is 0 Å². The molecule has 0 N–H and O–H groups in total. The van der Waals surface area contributed by atoms with Crippen LogP contribution in [0.3, 0.4) is 0 Å². The second-order valence-electron chi connectivity index (χ2n) is 2.98. The maximum Gasteiger partial charge on any atom is 0.337 e. The molecule has 0 aromatic heterocycles. The maximum absolute atomic E-state index is 12.2. The molecule has 1 aromatic rings. The van der Waals surface area contributed by atoms with Crippen molar-refractivity contribution in [2.75, 3.05) is 7.11 Å². The van der Waals surface area contributed by atoms with E-state index in [1.165, 1.54) is 0 Å². The Morgan fingerprint density at radius 3 is 1.81 bits per heavy atom. The summed E-state index contributed by atoms with van der Waals surface area (Å²) in [4.78, 5) is 8.82. The first-order valence-electron chi connectivity index (χ1n) is 3.86. The van der Waals surface area contributed by atoms with Gasteiger partial charge in [0.05, 0.1) is 12.7 Å². The molecule has 2 nitrogen and oxygen atoms in total. The molecule has 0 saturated heterocycles. The molecule has 0 radical (unpaired) electrons. The van der Waals surface area contributed by atoms with Gasteiger partial charge in [0.2, 0.25) is 0 Å². The van der Waals surface area contributed by atoms with Crippen LogP contribution in [0.15, 0.2) is 29.2 Å². The molecule has 0 aliphatic heterocycles. The van der Waals surface area contributed by atoms with Crippen LogP contribution >= 0.6 is 10.2 Å². The van der Waals surface area contributed by atoms with Crippen molar-refractivity contribution >= 4 is 16.2 Å². The number of benzene rings is 1. The lowest BCUT2D eigenvalue weighted by Crippen LogP contribution is -2.07. The monoisotopic (exact) mass is 262 g/mol. The van der Waals surface area contributed by atoms with Crippen LogP contribution in [0.2, 0.25) is 0 Å². The molecular formula is C8H7F5O2S. The fraction of sp³-hybridized carbons (Fsp3) is 0.125. The largest absolute Gasteiger partial charge is 0.465 e. The molecule has 0 fully saturated rings. The van der Waals surface area contributed by atoms with Gasteiger partial charge in [-0.25, -0.2) is 4.79 Å². The molecule has 0 saturated carbocycles. The van der Waals surface area contributed by atoms with Gasteiger partial charge in [-0.05, 0) is 24.3 Å². The van der Waals surface area contributed by atoms with Crippen molar-refractivity contribution in [2.45, 2.75) is 4.90 Å². The van der Waals surface area contributed by atoms with Crippen LogP contribution in [0.1, 0.15) is 10.4 Å². The predicted octanol–water partition coefficient (Wildman–Crippen LogP) is 4.13. The summed E-state index contributed by atoms with van der Waals surface area (Å²) in [5.41, 5.74) is -0.229. The summed E-state index contributed by atoms with van der Waals surface area (Å²) in [6.45, 7) is 0. The van der Waals surface area contributed by atoms with Crippen LogP contribution < -0.4 is 0 Å². The van der Waals surface area contributed by atoms with E-state index in [1.807, 2.05) is 0 Å². The Hall–Kier alpha value is -1.31. The van der Waals surface area contributed by atoms with Crippen LogP contribution in [-0.4, -0.2) is 13.1 Å². The minimum atomic E-state index is -9.65. The van der Waals surface area contributed by atoms with Gasteiger partial charge in [0, 0.05) is 0 Å². The molecule has 1 rings (SSSR count). The van der Waals surface area contributed by atoms with Gasteiger partial charge in [-0.15, -0.1) is 0 Å². The zero-order valence-corrected chi connectivity index (χ0v) is 8.74. The summed E-state index contributed by atoms with van der Waals surface area (Å²) >= 11 is 0. The van der Waals surface area contributed by atoms with E-state index in [4.69, 9.17) is 0 Å². The van der Waals surface area contributed by atoms with Gasteiger partial charge in [-0.2, -0.15) is 0 Å². The molecule has 0 spiro atoms. The highest BCUT2D eigenvalue weighted by Gasteiger charge is 2.65. The lowest BCUT2D eigenvalue weighted by Gasteiger charge is -2.40. The Bertz CT molecular complexity index is 421. The number of rotatable bonds is 2. The van der Waals surface area contributed by atoms with Gasteiger partial charge in [0.1, 0.15) is 4.90 Å². The molecule has 0 bridgehead atoms. The molecule has 1 aromatic carbocycles. The van der Waals surface area contributed by atoms with Crippen molar-refractivity contribution in [1.29, 1.82) is 0 Å². The topological polar surface area (TPSA) is 26.3 Å². The summed E-state index contributed by atoms with van der Waals surface area (Å²) in [5, 5.41) is 0. The van der Waals surface area contributed by atoms with E-state index in [1.54, 1.807) is 0 Å². The lowest BCUT2D eigenvalue weighted by atomic mass is 10.2. The standard InChI is InChI=1S/C8H7F5O2S/c1-15-8(14)6-2-4-7(5-3-6)16(9,10,11,12)13/h2-5H,1H3. The molecule has 8 heteroatoms. The minimum Gasteiger partial charge on any atom is -0.465 e. The van der Waals surface area contributed by atoms with E-state index in [0.717, 1.165) is 7.11 Å². The summed E-state index contributed by atoms with van der Waals surface area (Å²) in [6.07, 6.45) is 0. The van der Waals surface area contributed by atoms with E-state index in [0.29, 0.717) is 12.1 Å². The molecule has 92 valence electrons. The van der Waals surface area contributed by atoms with E-state index < -0.39 is 21.1 Å². The average Bonchev–Trinajstić information content (AvgIpc) is 2.13. The van der Waals surface area contributed by atoms with Crippen LogP contribution in [0.5, 0.6) is 0 Å². The van der Waals surface area contributed by atoms with Crippen molar-refractivity contribution in [3.05, 3.63) is 29.8 Å². The molecule has 0 unspecified atom stereocenters. The SMILES string of the molecule is COC(=O)c1ccc(S(F)(F)(F)(F)F)cc1. The molecule has 0 atom stereocenters. The van der Waals surface area contributed by atoms with E-state index >= 15 is 0 Å². The van der Waals surface area contributed by atoms with E-state index in [-0.39, 0.29) is 17.7 Å². The Morgan fingerprint density at radius 1 is 1.06 bits per heavy atom. The van der Waals surface area contributed by atoms with Crippen molar-refractivity contribution in [2.24, 2.45) is 0 Å². The molecule has 0 heterocycles. The second-order valence-corrected chi connectivity index (χ2v) is 5.39. The average molecular weight is 262 g/mol. The first kappa shape index (κ1) is 12.8. The number of halogens is 5. The Kier molecular flexibility index (Phi) is 2.29. The third kappa shape index (κ3) is 2.84. The first-order chi connectivity index (χ1) is 6.94. The summed E-state index contributed by atoms with van der Waals surface area (Å²) in [5.74, 6) is -0.895. The predicted molar refractivity (Wildman–Crippen MR) is 49.2 cm³/mol. The van der Waals surface area contributed by atoms with E-state index in [9.17, 15) is 24.2 Å². The number of methoxy groups -OCH3 is 1. The number of carbonyl (C=O) groups excluding carboxylic acids is 1. The van der Waals surface area contributed by atoms with Gasteiger partial charge in [-0.3, -0.25) is 0 Å². The van der Waals surface area contributed by atoms with E-state index in [2.05, 4.69) is 4.74 Å². The van der Waals surface area contributed by atoms with Crippen molar-refractivity contribution in [1.82, 2.24) is 0 Å². The first-order valence-corrected chi connectivity index (χ1v) is 5.81. The summed E-state index contributed by atoms with van der Waals surface area (Å²) in [7, 11) is -8.63. The Labute approximate surface area is 87.7 Å². The number of carbonyl (C=O) groups is 1. The number of hydrogen-bond donors (Lipinski definition) is 0. The van der Waals surface area contributed by atoms with Crippen LogP contribution in [0.4, 0.5) is 19.4 Å². The molecule has 0 aliphatic rings. The summed E-state index contributed by atoms with van der Waals surface area (Å²) < 4.78 is 65.4. The lowest BCUT2D eigenvalue weighted by molar-refractivity contribution is 0.0600. The molecule has 16 heavy (non-hydrogen) atoms. The molecule has 0 aliphatic carbocycles. The molecular weight excluding hydrogens is 255 g/mol. The fourth-order valence-corrected chi connectivity index (χ4v) is 1.62. The van der Waals surface area contributed by atoms with Crippen LogP contribution in [0, 0.1) is 0 Å². The van der Waals surface area contributed by atoms with Gasteiger partial charge in [0.15, 0.2) is 0 Å². The molecule has 0 amide bonds. The maximum atomic E-state index is 12.2. The third-order valence-electron chi connectivity index (χ3n) is 1.72. The van der Waals surface area contributed by atoms with Crippen molar-refractivity contribution < 1.29 is 29.0 Å². The van der Waals surface area contributed by atoms with Gasteiger partial charge in [-0.1, -0.05) is 19.4 Å². The zero-order valence-electron chi connectivity index (χ0n) is 7.92. The highest BCUT2D eigenvalue weighted by atomic mass is 32.5. The highest BCUT2D eigenvalue weighted by molar-refractivity contribution is 8.45.